The molecular weight excluding hydrogens is 286 g/mol. The number of imidazole rings is 1. The molecule has 3 rings (SSSR count). The van der Waals surface area contributed by atoms with Crippen LogP contribution in [0.15, 0.2) is 18.2 Å². The van der Waals surface area contributed by atoms with Gasteiger partial charge in [-0.1, -0.05) is 6.07 Å². The van der Waals surface area contributed by atoms with Crippen molar-refractivity contribution in [3.63, 3.8) is 0 Å². The maximum absolute atomic E-state index is 11.4. The highest BCUT2D eigenvalue weighted by molar-refractivity contribution is 7.89. The first-order chi connectivity index (χ1) is 10.00. The maximum atomic E-state index is 11.4. The summed E-state index contributed by atoms with van der Waals surface area (Å²) >= 11 is 0. The van der Waals surface area contributed by atoms with Gasteiger partial charge in [0.05, 0.1) is 16.8 Å². The van der Waals surface area contributed by atoms with Gasteiger partial charge in [0.15, 0.2) is 0 Å². The number of benzene rings is 1. The van der Waals surface area contributed by atoms with Crippen molar-refractivity contribution in [2.45, 2.75) is 32.1 Å². The van der Waals surface area contributed by atoms with Gasteiger partial charge in [-0.3, -0.25) is 0 Å². The van der Waals surface area contributed by atoms with Crippen LogP contribution < -0.4 is 4.72 Å². The molecular formula is C15H21N3O2S. The van der Waals surface area contributed by atoms with Crippen molar-refractivity contribution in [3.05, 3.63) is 29.6 Å². The Labute approximate surface area is 125 Å². The first-order valence-electron chi connectivity index (χ1n) is 7.43. The van der Waals surface area contributed by atoms with Gasteiger partial charge in [-0.2, -0.15) is 0 Å². The van der Waals surface area contributed by atoms with Crippen molar-refractivity contribution < 1.29 is 8.42 Å². The van der Waals surface area contributed by atoms with E-state index in [0.717, 1.165) is 16.6 Å². The average molecular weight is 307 g/mol. The van der Waals surface area contributed by atoms with E-state index >= 15 is 0 Å². The molecule has 0 aliphatic heterocycles. The van der Waals surface area contributed by atoms with Crippen LogP contribution in [-0.2, 0) is 23.5 Å². The third kappa shape index (κ3) is 3.11. The van der Waals surface area contributed by atoms with Gasteiger partial charge in [0.1, 0.15) is 5.82 Å². The molecule has 114 valence electrons. The molecule has 21 heavy (non-hydrogen) atoms. The Morgan fingerprint density at radius 3 is 2.81 bits per heavy atom. The molecule has 1 aliphatic rings. The van der Waals surface area contributed by atoms with Crippen LogP contribution in [0.1, 0.15) is 37.1 Å². The lowest BCUT2D eigenvalue weighted by molar-refractivity contribution is 0.583. The number of aryl methyl sites for hydroxylation is 1. The molecule has 1 fully saturated rings. The number of nitrogens with zero attached hydrogens (tertiary/aromatic N) is 2. The smallest absolute Gasteiger partial charge is 0.211 e. The van der Waals surface area contributed by atoms with Gasteiger partial charge in [-0.05, 0) is 43.9 Å². The van der Waals surface area contributed by atoms with E-state index in [-0.39, 0.29) is 5.75 Å². The SMILES string of the molecule is CCS(=O)(=O)NCCc1ccc2c(c1)nc(C1CC1)n2C. The van der Waals surface area contributed by atoms with E-state index in [0.29, 0.717) is 18.9 Å². The second kappa shape index (κ2) is 5.42. The zero-order valence-electron chi connectivity index (χ0n) is 12.5. The van der Waals surface area contributed by atoms with Crippen LogP contribution in [0.3, 0.4) is 0 Å². The van der Waals surface area contributed by atoms with E-state index < -0.39 is 10.0 Å². The second-order valence-corrected chi connectivity index (χ2v) is 7.77. The third-order valence-electron chi connectivity index (χ3n) is 4.04. The Morgan fingerprint density at radius 2 is 2.14 bits per heavy atom. The van der Waals surface area contributed by atoms with Crippen molar-refractivity contribution in [2.24, 2.45) is 7.05 Å². The van der Waals surface area contributed by atoms with Gasteiger partial charge in [-0.25, -0.2) is 18.1 Å². The lowest BCUT2D eigenvalue weighted by atomic mass is 10.1. The maximum Gasteiger partial charge on any atom is 0.211 e. The molecule has 0 unspecified atom stereocenters. The number of sulfonamides is 1. The van der Waals surface area contributed by atoms with Crippen LogP contribution in [-0.4, -0.2) is 30.3 Å². The summed E-state index contributed by atoms with van der Waals surface area (Å²) < 4.78 is 27.6. The minimum Gasteiger partial charge on any atom is -0.331 e. The highest BCUT2D eigenvalue weighted by Gasteiger charge is 2.28. The number of rotatable bonds is 6. The van der Waals surface area contributed by atoms with E-state index in [1.165, 1.54) is 18.7 Å². The summed E-state index contributed by atoms with van der Waals surface area (Å²) in [6, 6.07) is 6.21. The number of hydrogen-bond donors (Lipinski definition) is 1. The topological polar surface area (TPSA) is 64.0 Å². The fraction of sp³-hybridized carbons (Fsp3) is 0.533. The van der Waals surface area contributed by atoms with Crippen LogP contribution in [0.2, 0.25) is 0 Å². The van der Waals surface area contributed by atoms with Gasteiger partial charge >= 0.3 is 0 Å². The molecule has 0 spiro atoms. The van der Waals surface area contributed by atoms with Crippen LogP contribution in [0.5, 0.6) is 0 Å². The predicted octanol–water partition coefficient (Wildman–Crippen LogP) is 1.93. The van der Waals surface area contributed by atoms with E-state index in [1.54, 1.807) is 6.92 Å². The molecule has 0 amide bonds. The van der Waals surface area contributed by atoms with Crippen molar-refractivity contribution in [1.29, 1.82) is 0 Å². The third-order valence-corrected chi connectivity index (χ3v) is 5.44. The first kappa shape index (κ1) is 14.5. The van der Waals surface area contributed by atoms with Crippen LogP contribution in [0, 0.1) is 0 Å². The monoisotopic (exact) mass is 307 g/mol. The summed E-state index contributed by atoms with van der Waals surface area (Å²) in [7, 11) is -1.04. The molecule has 1 aromatic carbocycles. The molecule has 1 aromatic heterocycles. The molecule has 0 saturated heterocycles. The van der Waals surface area contributed by atoms with E-state index in [2.05, 4.69) is 34.5 Å². The molecule has 5 nitrogen and oxygen atoms in total. The minimum absolute atomic E-state index is 0.122. The van der Waals surface area contributed by atoms with Crippen LogP contribution in [0.25, 0.3) is 11.0 Å². The average Bonchev–Trinajstić information content (AvgIpc) is 3.24. The van der Waals surface area contributed by atoms with Crippen LogP contribution in [0.4, 0.5) is 0 Å². The zero-order valence-corrected chi connectivity index (χ0v) is 13.3. The van der Waals surface area contributed by atoms with E-state index in [4.69, 9.17) is 4.98 Å². The molecule has 1 N–H and O–H groups in total. The summed E-state index contributed by atoms with van der Waals surface area (Å²) in [5.41, 5.74) is 3.27. The van der Waals surface area contributed by atoms with Gasteiger partial charge in [0.2, 0.25) is 10.0 Å². The molecule has 0 bridgehead atoms. The highest BCUT2D eigenvalue weighted by atomic mass is 32.2. The molecule has 2 aromatic rings. The Morgan fingerprint density at radius 1 is 1.38 bits per heavy atom. The molecule has 1 saturated carbocycles. The predicted molar refractivity (Wildman–Crippen MR) is 83.9 cm³/mol. The molecule has 1 aliphatic carbocycles. The minimum atomic E-state index is -3.11. The van der Waals surface area contributed by atoms with Gasteiger partial charge in [0.25, 0.3) is 0 Å². The Hall–Kier alpha value is -1.40. The Bertz CT molecular complexity index is 761. The molecule has 6 heteroatoms. The Kier molecular flexibility index (Phi) is 3.75. The summed E-state index contributed by atoms with van der Waals surface area (Å²) in [4.78, 5) is 4.73. The van der Waals surface area contributed by atoms with Crippen molar-refractivity contribution >= 4 is 21.1 Å². The van der Waals surface area contributed by atoms with Crippen LogP contribution >= 0.6 is 0 Å². The van der Waals surface area contributed by atoms with Gasteiger partial charge in [0, 0.05) is 19.5 Å². The summed E-state index contributed by atoms with van der Waals surface area (Å²) in [6.45, 7) is 2.08. The van der Waals surface area contributed by atoms with Gasteiger partial charge in [-0.15, -0.1) is 0 Å². The number of nitrogens with one attached hydrogen (secondary N) is 1. The lowest BCUT2D eigenvalue weighted by Crippen LogP contribution is -2.27. The number of aromatic nitrogens is 2. The fourth-order valence-electron chi connectivity index (χ4n) is 2.58. The largest absolute Gasteiger partial charge is 0.331 e. The molecule has 0 atom stereocenters. The van der Waals surface area contributed by atoms with Gasteiger partial charge < -0.3 is 4.57 Å². The number of hydrogen-bond acceptors (Lipinski definition) is 3. The lowest BCUT2D eigenvalue weighted by Gasteiger charge is -2.05. The normalized spacial score (nSPS) is 15.7. The van der Waals surface area contributed by atoms with E-state index in [9.17, 15) is 8.42 Å². The second-order valence-electron chi connectivity index (χ2n) is 5.67. The fourth-order valence-corrected chi connectivity index (χ4v) is 3.20. The highest BCUT2D eigenvalue weighted by Crippen LogP contribution is 2.40. The summed E-state index contributed by atoms with van der Waals surface area (Å²) in [5.74, 6) is 1.92. The van der Waals surface area contributed by atoms with Crippen molar-refractivity contribution in [2.75, 3.05) is 12.3 Å². The quantitative estimate of drug-likeness (QED) is 0.887. The standard InChI is InChI=1S/C15H21N3O2S/c1-3-21(19,20)16-9-8-11-4-7-14-13(10-11)17-15(18(14)2)12-5-6-12/h4,7,10,12,16H,3,5-6,8-9H2,1-2H3. The Balaban J connectivity index is 1.75. The summed E-state index contributed by atoms with van der Waals surface area (Å²) in [6.07, 6.45) is 3.16. The summed E-state index contributed by atoms with van der Waals surface area (Å²) in [5, 5.41) is 0. The number of fused-ring (bicyclic) bond motifs is 1. The van der Waals surface area contributed by atoms with Crippen molar-refractivity contribution in [3.8, 4) is 0 Å². The molecule has 1 heterocycles. The van der Waals surface area contributed by atoms with E-state index in [1.807, 2.05) is 0 Å². The van der Waals surface area contributed by atoms with Crippen molar-refractivity contribution in [1.82, 2.24) is 14.3 Å². The molecule has 0 radical (unpaired) electrons. The first-order valence-corrected chi connectivity index (χ1v) is 9.08. The zero-order chi connectivity index (χ0) is 15.0.